The van der Waals surface area contributed by atoms with E-state index in [1.165, 1.54) is 6.20 Å². The Hall–Kier alpha value is -3.80. The van der Waals surface area contributed by atoms with Gasteiger partial charge >= 0.3 is 0 Å². The van der Waals surface area contributed by atoms with Crippen molar-refractivity contribution in [1.82, 2.24) is 19.5 Å². The number of aryl methyl sites for hydroxylation is 1. The van der Waals surface area contributed by atoms with Crippen LogP contribution < -0.4 is 0 Å². The Balaban J connectivity index is 1.49. The molecule has 2 aromatic heterocycles. The highest BCUT2D eigenvalue weighted by Gasteiger charge is 2.38. The molecule has 0 bridgehead atoms. The highest BCUT2D eigenvalue weighted by molar-refractivity contribution is 6.30. The minimum atomic E-state index is -0.759. The van der Waals surface area contributed by atoms with Crippen LogP contribution in [0.1, 0.15) is 47.0 Å². The third kappa shape index (κ3) is 4.68. The van der Waals surface area contributed by atoms with E-state index in [2.05, 4.69) is 93.5 Å². The molecule has 5 aromatic rings. The summed E-state index contributed by atoms with van der Waals surface area (Å²) in [6, 6.07) is 31.6. The fraction of sp³-hybridized carbons (Fsp3) is 0.167. The van der Waals surface area contributed by atoms with Gasteiger partial charge in [-0.3, -0.25) is 4.98 Å². The van der Waals surface area contributed by atoms with Crippen LogP contribution in [-0.4, -0.2) is 24.6 Å². The van der Waals surface area contributed by atoms with Crippen LogP contribution in [0.3, 0.4) is 0 Å². The van der Waals surface area contributed by atoms with E-state index in [1.54, 1.807) is 6.20 Å². The molecule has 2 heterocycles. The molecular weight excluding hydrogens is 468 g/mol. The van der Waals surface area contributed by atoms with Gasteiger partial charge < -0.3 is 9.67 Å². The number of hydrogen-bond acceptors (Lipinski definition) is 4. The molecule has 0 aliphatic heterocycles. The fourth-order valence-electron chi connectivity index (χ4n) is 4.83. The van der Waals surface area contributed by atoms with Gasteiger partial charge in [0.05, 0.1) is 18.1 Å². The maximum atomic E-state index is 10.5. The van der Waals surface area contributed by atoms with Crippen molar-refractivity contribution < 1.29 is 5.11 Å². The SMILES string of the molecule is OC(CCCc1cn(C(c2ccccc2)(c2ccccc2)c2ccccc2)cn1)c1nccnc1Cl. The lowest BCUT2D eigenvalue weighted by Gasteiger charge is -2.37. The number of nitrogens with zero attached hydrogens (tertiary/aromatic N) is 4. The quantitative estimate of drug-likeness (QED) is 0.247. The van der Waals surface area contributed by atoms with Gasteiger partial charge in [0, 0.05) is 18.6 Å². The van der Waals surface area contributed by atoms with Crippen molar-refractivity contribution in [2.24, 2.45) is 0 Å². The molecule has 0 spiro atoms. The average Bonchev–Trinajstić information content (AvgIpc) is 3.40. The molecule has 0 radical (unpaired) electrons. The van der Waals surface area contributed by atoms with E-state index in [0.29, 0.717) is 12.1 Å². The zero-order chi connectivity index (χ0) is 24.8. The van der Waals surface area contributed by atoms with Crippen LogP contribution in [0.25, 0.3) is 0 Å². The van der Waals surface area contributed by atoms with E-state index in [0.717, 1.165) is 35.2 Å². The summed E-state index contributed by atoms with van der Waals surface area (Å²) in [5.74, 6) is 0. The van der Waals surface area contributed by atoms with Crippen LogP contribution in [-0.2, 0) is 12.0 Å². The van der Waals surface area contributed by atoms with Crippen molar-refractivity contribution >= 4 is 11.6 Å². The predicted molar refractivity (Wildman–Crippen MR) is 142 cm³/mol. The molecule has 0 amide bonds. The second-order valence-corrected chi connectivity index (χ2v) is 9.08. The molecule has 0 aliphatic carbocycles. The Morgan fingerprint density at radius 2 is 1.28 bits per heavy atom. The van der Waals surface area contributed by atoms with Gasteiger partial charge in [-0.15, -0.1) is 0 Å². The van der Waals surface area contributed by atoms with Crippen molar-refractivity contribution in [2.75, 3.05) is 0 Å². The highest BCUT2D eigenvalue weighted by atomic mass is 35.5. The normalized spacial score (nSPS) is 12.4. The summed E-state index contributed by atoms with van der Waals surface area (Å²) in [5.41, 5.74) is 4.25. The van der Waals surface area contributed by atoms with Gasteiger partial charge in [-0.25, -0.2) is 9.97 Å². The molecule has 3 aromatic carbocycles. The van der Waals surface area contributed by atoms with Crippen molar-refractivity contribution in [1.29, 1.82) is 0 Å². The lowest BCUT2D eigenvalue weighted by molar-refractivity contribution is 0.159. The third-order valence-corrected chi connectivity index (χ3v) is 6.79. The minimum absolute atomic E-state index is 0.243. The van der Waals surface area contributed by atoms with E-state index in [9.17, 15) is 5.11 Å². The van der Waals surface area contributed by atoms with Crippen molar-refractivity contribution in [3.63, 3.8) is 0 Å². The van der Waals surface area contributed by atoms with Gasteiger partial charge in [-0.1, -0.05) is 103 Å². The Bertz CT molecular complexity index is 1290. The number of aliphatic hydroxyl groups is 1. The monoisotopic (exact) mass is 494 g/mol. The zero-order valence-corrected chi connectivity index (χ0v) is 20.5. The van der Waals surface area contributed by atoms with Gasteiger partial charge in [0.25, 0.3) is 0 Å². The maximum absolute atomic E-state index is 10.5. The largest absolute Gasteiger partial charge is 0.387 e. The van der Waals surface area contributed by atoms with Gasteiger partial charge in [0.15, 0.2) is 5.15 Å². The van der Waals surface area contributed by atoms with Crippen molar-refractivity contribution in [3.8, 4) is 0 Å². The Morgan fingerprint density at radius 3 is 1.81 bits per heavy atom. The van der Waals surface area contributed by atoms with Crippen molar-refractivity contribution in [2.45, 2.75) is 30.9 Å². The topological polar surface area (TPSA) is 63.8 Å². The van der Waals surface area contributed by atoms with Crippen molar-refractivity contribution in [3.05, 3.63) is 149 Å². The number of benzene rings is 3. The number of imidazole rings is 1. The van der Waals surface area contributed by atoms with E-state index in [4.69, 9.17) is 16.6 Å². The first-order valence-electron chi connectivity index (χ1n) is 12.0. The number of hydrogen-bond donors (Lipinski definition) is 1. The van der Waals surface area contributed by atoms with Crippen LogP contribution in [0.2, 0.25) is 5.15 Å². The van der Waals surface area contributed by atoms with Crippen LogP contribution in [0.15, 0.2) is 116 Å². The van der Waals surface area contributed by atoms with E-state index in [1.807, 2.05) is 24.5 Å². The van der Waals surface area contributed by atoms with E-state index < -0.39 is 11.6 Å². The predicted octanol–water partition coefficient (Wildman–Crippen LogP) is 6.22. The molecule has 1 atom stereocenters. The molecule has 0 saturated carbocycles. The second-order valence-electron chi connectivity index (χ2n) is 8.72. The van der Waals surface area contributed by atoms with Crippen LogP contribution in [0, 0.1) is 0 Å². The average molecular weight is 495 g/mol. The maximum Gasteiger partial charge on any atom is 0.153 e. The first-order valence-corrected chi connectivity index (χ1v) is 12.4. The summed E-state index contributed by atoms with van der Waals surface area (Å²) in [7, 11) is 0. The summed E-state index contributed by atoms with van der Waals surface area (Å²) < 4.78 is 2.21. The molecule has 1 unspecified atom stereocenters. The first-order chi connectivity index (χ1) is 17.7. The lowest BCUT2D eigenvalue weighted by atomic mass is 9.77. The van der Waals surface area contributed by atoms with Gasteiger partial charge in [-0.2, -0.15) is 0 Å². The Kier molecular flexibility index (Phi) is 7.21. The molecule has 0 aliphatic rings. The van der Waals surface area contributed by atoms with Gasteiger partial charge in [0.1, 0.15) is 11.2 Å². The van der Waals surface area contributed by atoms with Crippen LogP contribution >= 0.6 is 11.6 Å². The molecule has 6 heteroatoms. The minimum Gasteiger partial charge on any atom is -0.387 e. The Morgan fingerprint density at radius 1 is 0.750 bits per heavy atom. The summed E-state index contributed by atoms with van der Waals surface area (Å²) >= 11 is 6.09. The summed E-state index contributed by atoms with van der Waals surface area (Å²) in [6.45, 7) is 0. The number of halogens is 1. The van der Waals surface area contributed by atoms with Crippen LogP contribution in [0.4, 0.5) is 0 Å². The van der Waals surface area contributed by atoms with Gasteiger partial charge in [-0.05, 0) is 36.0 Å². The third-order valence-electron chi connectivity index (χ3n) is 6.50. The summed E-state index contributed by atoms with van der Waals surface area (Å²) in [6.07, 6.45) is 8.31. The lowest BCUT2D eigenvalue weighted by Crippen LogP contribution is -2.36. The number of aliphatic hydroxyl groups excluding tert-OH is 1. The zero-order valence-electron chi connectivity index (χ0n) is 19.8. The first kappa shape index (κ1) is 23.9. The van der Waals surface area contributed by atoms with E-state index in [-0.39, 0.29) is 5.15 Å². The molecule has 5 nitrogen and oxygen atoms in total. The summed E-state index contributed by atoms with van der Waals surface area (Å²) in [5, 5.41) is 10.8. The molecular formula is C30H27ClN4O. The smallest absolute Gasteiger partial charge is 0.153 e. The second kappa shape index (κ2) is 10.9. The molecule has 0 fully saturated rings. The standard InChI is InChI=1S/C30H27ClN4O/c31-29-28(32-19-20-33-29)27(36)18-10-17-26-21-35(22-34-26)30(23-11-4-1-5-12-23,24-13-6-2-7-14-24)25-15-8-3-9-16-25/h1-9,11-16,19-22,27,36H,10,17-18H2. The van der Waals surface area contributed by atoms with Gasteiger partial charge in [0.2, 0.25) is 0 Å². The molecule has 180 valence electrons. The summed E-state index contributed by atoms with van der Waals surface area (Å²) in [4.78, 5) is 13.0. The van der Waals surface area contributed by atoms with Crippen LogP contribution in [0.5, 0.6) is 0 Å². The molecule has 5 rings (SSSR count). The van der Waals surface area contributed by atoms with E-state index >= 15 is 0 Å². The Labute approximate surface area is 216 Å². The highest BCUT2D eigenvalue weighted by Crippen LogP contribution is 2.40. The molecule has 1 N–H and O–H groups in total. The molecule has 0 saturated heterocycles. The fourth-order valence-corrected chi connectivity index (χ4v) is 5.06. The number of rotatable bonds is 9. The molecule has 36 heavy (non-hydrogen) atoms. The number of aromatic nitrogens is 4.